The number of hydrogen-bond acceptors (Lipinski definition) is 4. The van der Waals surface area contributed by atoms with E-state index in [1.807, 2.05) is 38.0 Å². The Balaban J connectivity index is 1.52. The van der Waals surface area contributed by atoms with Crippen LogP contribution in [0.1, 0.15) is 18.5 Å². The van der Waals surface area contributed by atoms with Crippen LogP contribution in [0.5, 0.6) is 0 Å². The first-order valence-corrected chi connectivity index (χ1v) is 7.63. The van der Waals surface area contributed by atoms with Crippen molar-refractivity contribution in [3.8, 4) is 0 Å². The number of likely N-dealkylation sites (N-methyl/N-ethyl adjacent to an activating group) is 1. The fourth-order valence-corrected chi connectivity index (χ4v) is 3.55. The van der Waals surface area contributed by atoms with Crippen LogP contribution in [0.4, 0.5) is 0 Å². The van der Waals surface area contributed by atoms with E-state index in [1.54, 1.807) is 0 Å². The quantitative estimate of drug-likeness (QED) is 0.854. The molecule has 1 amide bonds. The number of rotatable bonds is 5. The van der Waals surface area contributed by atoms with Crippen molar-refractivity contribution in [2.24, 2.45) is 5.92 Å². The average molecular weight is 292 g/mol. The van der Waals surface area contributed by atoms with Crippen LogP contribution < -0.4 is 5.32 Å². The molecule has 1 saturated carbocycles. The van der Waals surface area contributed by atoms with Gasteiger partial charge < -0.3 is 15.0 Å². The van der Waals surface area contributed by atoms with Gasteiger partial charge in [0.25, 0.3) is 0 Å². The smallest absolute Gasteiger partial charge is 0.222 e. The Hall–Kier alpha value is -1.40. The van der Waals surface area contributed by atoms with Crippen LogP contribution in [0, 0.1) is 12.8 Å². The van der Waals surface area contributed by atoms with E-state index in [0.717, 1.165) is 18.7 Å². The number of carbonyl (C=O) groups excluding carboxylic acids is 1. The summed E-state index contributed by atoms with van der Waals surface area (Å²) in [5.41, 5.74) is 0.980. The minimum absolute atomic E-state index is 0.102. The second kappa shape index (κ2) is 5.77. The molecule has 21 heavy (non-hydrogen) atoms. The third-order valence-electron chi connectivity index (χ3n) is 4.62. The molecule has 2 fully saturated rings. The molecule has 1 aromatic heterocycles. The first kappa shape index (κ1) is 14.5. The number of nitrogens with zero attached hydrogens (tertiary/aromatic N) is 3. The SMILES string of the molecule is Cc1ccn(CCC(=O)N[C@H]2[C@H]3CCO[C@H]3[C@@H]2N(C)C)n1. The van der Waals surface area contributed by atoms with Gasteiger partial charge in [0, 0.05) is 31.7 Å². The van der Waals surface area contributed by atoms with Crippen molar-refractivity contribution < 1.29 is 9.53 Å². The highest BCUT2D eigenvalue weighted by atomic mass is 16.5. The zero-order valence-electron chi connectivity index (χ0n) is 13.0. The molecule has 1 saturated heterocycles. The maximum atomic E-state index is 12.2. The van der Waals surface area contributed by atoms with Gasteiger partial charge in [0.15, 0.2) is 0 Å². The van der Waals surface area contributed by atoms with Crippen LogP contribution >= 0.6 is 0 Å². The minimum Gasteiger partial charge on any atom is -0.376 e. The molecule has 1 N–H and O–H groups in total. The molecule has 116 valence electrons. The number of nitrogens with one attached hydrogen (secondary N) is 1. The van der Waals surface area contributed by atoms with Crippen molar-refractivity contribution in [1.82, 2.24) is 20.0 Å². The van der Waals surface area contributed by atoms with Crippen LogP contribution in [-0.2, 0) is 16.1 Å². The molecular formula is C15H24N4O2. The second-order valence-corrected chi connectivity index (χ2v) is 6.31. The number of ether oxygens (including phenoxy) is 1. The van der Waals surface area contributed by atoms with Crippen molar-refractivity contribution in [1.29, 1.82) is 0 Å². The van der Waals surface area contributed by atoms with Crippen molar-refractivity contribution in [3.05, 3.63) is 18.0 Å². The molecule has 6 nitrogen and oxygen atoms in total. The molecule has 2 aliphatic rings. The van der Waals surface area contributed by atoms with Crippen LogP contribution in [0.15, 0.2) is 12.3 Å². The maximum absolute atomic E-state index is 12.2. The van der Waals surface area contributed by atoms with Crippen molar-refractivity contribution in [2.75, 3.05) is 20.7 Å². The highest BCUT2D eigenvalue weighted by Gasteiger charge is 2.55. The summed E-state index contributed by atoms with van der Waals surface area (Å²) in [6.45, 7) is 3.40. The Kier molecular flexibility index (Phi) is 3.99. The lowest BCUT2D eigenvalue weighted by atomic mass is 9.71. The molecule has 0 radical (unpaired) electrons. The fraction of sp³-hybridized carbons (Fsp3) is 0.733. The Bertz CT molecular complexity index is 514. The summed E-state index contributed by atoms with van der Waals surface area (Å²) in [6, 6.07) is 2.47. The fourth-order valence-electron chi connectivity index (χ4n) is 3.55. The topological polar surface area (TPSA) is 59.4 Å². The summed E-state index contributed by atoms with van der Waals surface area (Å²) in [5, 5.41) is 7.50. The zero-order valence-corrected chi connectivity index (χ0v) is 13.0. The molecule has 2 heterocycles. The van der Waals surface area contributed by atoms with Gasteiger partial charge in [0.1, 0.15) is 0 Å². The van der Waals surface area contributed by atoms with E-state index in [-0.39, 0.29) is 11.9 Å². The molecule has 1 aromatic rings. The van der Waals surface area contributed by atoms with Gasteiger partial charge in [-0.05, 0) is 33.5 Å². The summed E-state index contributed by atoms with van der Waals surface area (Å²) >= 11 is 0. The normalized spacial score (nSPS) is 31.0. The lowest BCUT2D eigenvalue weighted by molar-refractivity contribution is -0.128. The Morgan fingerprint density at radius 1 is 1.57 bits per heavy atom. The monoisotopic (exact) mass is 292 g/mol. The summed E-state index contributed by atoms with van der Waals surface area (Å²) in [5.74, 6) is 0.582. The van der Waals surface area contributed by atoms with Crippen LogP contribution in [-0.4, -0.2) is 59.5 Å². The van der Waals surface area contributed by atoms with Gasteiger partial charge in [-0.25, -0.2) is 0 Å². The lowest BCUT2D eigenvalue weighted by Crippen LogP contribution is -2.69. The zero-order chi connectivity index (χ0) is 15.0. The van der Waals surface area contributed by atoms with E-state index in [1.165, 1.54) is 0 Å². The predicted molar refractivity (Wildman–Crippen MR) is 78.8 cm³/mol. The summed E-state index contributed by atoms with van der Waals surface area (Å²) in [7, 11) is 4.10. The van der Waals surface area contributed by atoms with E-state index in [4.69, 9.17) is 4.74 Å². The first-order chi connectivity index (χ1) is 10.1. The standard InChI is InChI=1S/C15H24N4O2/c1-10-4-7-19(17-10)8-5-12(20)16-13-11-6-9-21-15(11)14(13)18(2)3/h4,7,11,13-15H,5-6,8-9H2,1-3H3,(H,16,20)/t11-,13+,14-,15-/m1/s1. The Labute approximate surface area is 125 Å². The summed E-state index contributed by atoms with van der Waals surface area (Å²) in [6.07, 6.45) is 3.73. The highest BCUT2D eigenvalue weighted by Crippen LogP contribution is 2.41. The number of aromatic nitrogens is 2. The number of carbonyl (C=O) groups is 1. The molecule has 0 aromatic carbocycles. The third kappa shape index (κ3) is 2.82. The number of aryl methyl sites for hydroxylation is 2. The first-order valence-electron chi connectivity index (χ1n) is 7.63. The Morgan fingerprint density at radius 2 is 2.38 bits per heavy atom. The summed E-state index contributed by atoms with van der Waals surface area (Å²) < 4.78 is 7.58. The van der Waals surface area contributed by atoms with Crippen molar-refractivity contribution >= 4 is 5.91 Å². The van der Waals surface area contributed by atoms with Gasteiger partial charge in [0.2, 0.25) is 5.91 Å². The molecule has 0 bridgehead atoms. The molecule has 0 unspecified atom stereocenters. The van der Waals surface area contributed by atoms with Crippen LogP contribution in [0.3, 0.4) is 0 Å². The van der Waals surface area contributed by atoms with Crippen LogP contribution in [0.25, 0.3) is 0 Å². The molecule has 3 rings (SSSR count). The molecule has 1 aliphatic heterocycles. The molecule has 6 heteroatoms. The van der Waals surface area contributed by atoms with E-state index in [9.17, 15) is 4.79 Å². The predicted octanol–water partition coefficient (Wildman–Crippen LogP) is 0.415. The van der Waals surface area contributed by atoms with Crippen molar-refractivity contribution in [2.45, 2.75) is 44.5 Å². The van der Waals surface area contributed by atoms with Crippen LogP contribution in [0.2, 0.25) is 0 Å². The molecule has 0 spiro atoms. The number of hydrogen-bond donors (Lipinski definition) is 1. The second-order valence-electron chi connectivity index (χ2n) is 6.31. The van der Waals surface area contributed by atoms with E-state index < -0.39 is 0 Å². The highest BCUT2D eigenvalue weighted by molar-refractivity contribution is 5.76. The van der Waals surface area contributed by atoms with Gasteiger partial charge >= 0.3 is 0 Å². The van der Waals surface area contributed by atoms with E-state index in [0.29, 0.717) is 31.0 Å². The van der Waals surface area contributed by atoms with E-state index in [2.05, 4.69) is 15.3 Å². The molecular weight excluding hydrogens is 268 g/mol. The van der Waals surface area contributed by atoms with E-state index >= 15 is 0 Å². The van der Waals surface area contributed by atoms with Gasteiger partial charge in [-0.1, -0.05) is 0 Å². The number of amides is 1. The molecule has 4 atom stereocenters. The lowest BCUT2D eigenvalue weighted by Gasteiger charge is -2.50. The average Bonchev–Trinajstić information content (AvgIpc) is 3.00. The number of fused-ring (bicyclic) bond motifs is 1. The molecule has 1 aliphatic carbocycles. The summed E-state index contributed by atoms with van der Waals surface area (Å²) in [4.78, 5) is 14.3. The van der Waals surface area contributed by atoms with Gasteiger partial charge in [-0.3, -0.25) is 9.48 Å². The van der Waals surface area contributed by atoms with Gasteiger partial charge in [-0.15, -0.1) is 0 Å². The largest absolute Gasteiger partial charge is 0.376 e. The van der Waals surface area contributed by atoms with Gasteiger partial charge in [-0.2, -0.15) is 5.10 Å². The minimum atomic E-state index is 0.102. The maximum Gasteiger partial charge on any atom is 0.222 e. The van der Waals surface area contributed by atoms with Crippen molar-refractivity contribution in [3.63, 3.8) is 0 Å². The van der Waals surface area contributed by atoms with Gasteiger partial charge in [0.05, 0.1) is 23.9 Å². The third-order valence-corrected chi connectivity index (χ3v) is 4.62. The Morgan fingerprint density at radius 3 is 3.05 bits per heavy atom.